The molecule has 1 saturated heterocycles. The molecule has 1 atom stereocenters. The van der Waals surface area contributed by atoms with Gasteiger partial charge >= 0.3 is 0 Å². The van der Waals surface area contributed by atoms with Crippen molar-refractivity contribution in [2.45, 2.75) is 19.9 Å². The normalized spacial score (nSPS) is 16.9. The fourth-order valence-corrected chi connectivity index (χ4v) is 3.04. The molecule has 2 heterocycles. The van der Waals surface area contributed by atoms with Gasteiger partial charge in [-0.2, -0.15) is 0 Å². The van der Waals surface area contributed by atoms with Crippen LogP contribution >= 0.6 is 11.6 Å². The Morgan fingerprint density at radius 1 is 1.29 bits per heavy atom. The Morgan fingerprint density at radius 2 is 2.04 bits per heavy atom. The highest BCUT2D eigenvalue weighted by Crippen LogP contribution is 2.21. The second kappa shape index (κ2) is 7.23. The molecule has 0 aliphatic carbocycles. The predicted molar refractivity (Wildman–Crippen MR) is 94.6 cm³/mol. The van der Waals surface area contributed by atoms with E-state index in [9.17, 15) is 4.79 Å². The summed E-state index contributed by atoms with van der Waals surface area (Å²) >= 11 is 6.06. The molecular formula is C17H21ClN4O2. The summed E-state index contributed by atoms with van der Waals surface area (Å²) in [6, 6.07) is 9.35. The van der Waals surface area contributed by atoms with Gasteiger partial charge in [-0.1, -0.05) is 22.8 Å². The molecule has 128 valence electrons. The number of hydrogen-bond acceptors (Lipinski definition) is 5. The lowest BCUT2D eigenvalue weighted by Gasteiger charge is -2.38. The number of anilines is 2. The number of amides is 1. The van der Waals surface area contributed by atoms with Crippen molar-refractivity contribution in [3.05, 3.63) is 41.0 Å². The molecule has 1 fully saturated rings. The maximum absolute atomic E-state index is 12.3. The van der Waals surface area contributed by atoms with Gasteiger partial charge in [0.25, 0.3) is 0 Å². The van der Waals surface area contributed by atoms with Crippen molar-refractivity contribution in [2.75, 3.05) is 36.4 Å². The fraction of sp³-hybridized carbons (Fsp3) is 0.412. The number of rotatable bonds is 4. The van der Waals surface area contributed by atoms with E-state index in [1.54, 1.807) is 6.07 Å². The number of carbonyl (C=O) groups is 1. The molecule has 24 heavy (non-hydrogen) atoms. The zero-order chi connectivity index (χ0) is 17.1. The predicted octanol–water partition coefficient (Wildman–Crippen LogP) is 2.79. The van der Waals surface area contributed by atoms with Gasteiger partial charge < -0.3 is 9.42 Å². The standard InChI is InChI=1S/C17H21ClN4O2/c1-12-10-16(24-20-12)19-17(23)13(2)21-6-8-22(9-7-21)15-5-3-4-14(18)11-15/h3-5,10-11,13H,6-9H2,1-2H3,(H,19,23). The van der Waals surface area contributed by atoms with Gasteiger partial charge in [0.2, 0.25) is 11.8 Å². The van der Waals surface area contributed by atoms with Crippen LogP contribution in [0.25, 0.3) is 0 Å². The first kappa shape index (κ1) is 16.8. The molecule has 1 aromatic carbocycles. The smallest absolute Gasteiger partial charge is 0.243 e. The van der Waals surface area contributed by atoms with Gasteiger partial charge in [0.05, 0.1) is 11.7 Å². The quantitative estimate of drug-likeness (QED) is 0.920. The molecule has 0 spiro atoms. The lowest BCUT2D eigenvalue weighted by Crippen LogP contribution is -2.52. The van der Waals surface area contributed by atoms with E-state index in [0.29, 0.717) is 5.88 Å². The molecule has 0 bridgehead atoms. The van der Waals surface area contributed by atoms with E-state index in [-0.39, 0.29) is 11.9 Å². The zero-order valence-corrected chi connectivity index (χ0v) is 14.6. The number of aromatic nitrogens is 1. The van der Waals surface area contributed by atoms with Crippen molar-refractivity contribution in [2.24, 2.45) is 0 Å². The second-order valence-corrected chi connectivity index (χ2v) is 6.44. The maximum Gasteiger partial charge on any atom is 0.243 e. The SMILES string of the molecule is Cc1cc(NC(=O)C(C)N2CCN(c3cccc(Cl)c3)CC2)on1. The van der Waals surface area contributed by atoms with E-state index in [0.717, 1.165) is 42.6 Å². The Bertz CT molecular complexity index is 710. The van der Waals surface area contributed by atoms with Gasteiger partial charge in [-0.15, -0.1) is 0 Å². The zero-order valence-electron chi connectivity index (χ0n) is 13.8. The Hall–Kier alpha value is -2.05. The first-order chi connectivity index (χ1) is 11.5. The van der Waals surface area contributed by atoms with Crippen LogP contribution in [0, 0.1) is 6.92 Å². The van der Waals surface area contributed by atoms with E-state index >= 15 is 0 Å². The average Bonchev–Trinajstić information content (AvgIpc) is 2.99. The highest BCUT2D eigenvalue weighted by Gasteiger charge is 2.26. The van der Waals surface area contributed by atoms with Crippen LogP contribution in [-0.4, -0.2) is 48.2 Å². The number of carbonyl (C=O) groups excluding carboxylic acids is 1. The van der Waals surface area contributed by atoms with Crippen molar-refractivity contribution in [3.8, 4) is 0 Å². The third kappa shape index (κ3) is 3.88. The van der Waals surface area contributed by atoms with Crippen molar-refractivity contribution in [1.82, 2.24) is 10.1 Å². The van der Waals surface area contributed by atoms with Crippen LogP contribution in [0.1, 0.15) is 12.6 Å². The summed E-state index contributed by atoms with van der Waals surface area (Å²) in [7, 11) is 0. The minimum absolute atomic E-state index is 0.0812. The average molecular weight is 349 g/mol. The monoisotopic (exact) mass is 348 g/mol. The summed E-state index contributed by atoms with van der Waals surface area (Å²) in [5.74, 6) is 0.310. The molecule has 6 nitrogen and oxygen atoms in total. The van der Waals surface area contributed by atoms with Crippen molar-refractivity contribution in [3.63, 3.8) is 0 Å². The number of piperazine rings is 1. The largest absolute Gasteiger partial charge is 0.369 e. The second-order valence-electron chi connectivity index (χ2n) is 6.00. The minimum Gasteiger partial charge on any atom is -0.369 e. The molecule has 1 aromatic heterocycles. The van der Waals surface area contributed by atoms with Crippen LogP contribution in [0.5, 0.6) is 0 Å². The third-order valence-electron chi connectivity index (χ3n) is 4.29. The van der Waals surface area contributed by atoms with Gasteiger partial charge in [0, 0.05) is 43.0 Å². The molecule has 1 aliphatic rings. The lowest BCUT2D eigenvalue weighted by atomic mass is 10.2. The van der Waals surface area contributed by atoms with Gasteiger partial charge in [0.1, 0.15) is 0 Å². The summed E-state index contributed by atoms with van der Waals surface area (Å²) in [6.45, 7) is 7.08. The van der Waals surface area contributed by atoms with E-state index in [1.165, 1.54) is 0 Å². The molecule has 2 aromatic rings. The molecule has 1 unspecified atom stereocenters. The Labute approximate surface area is 146 Å². The van der Waals surface area contributed by atoms with Gasteiger partial charge in [-0.25, -0.2) is 0 Å². The summed E-state index contributed by atoms with van der Waals surface area (Å²) < 4.78 is 5.04. The van der Waals surface area contributed by atoms with E-state index < -0.39 is 0 Å². The Morgan fingerprint density at radius 3 is 2.67 bits per heavy atom. The molecule has 1 aliphatic heterocycles. The van der Waals surface area contributed by atoms with Crippen molar-refractivity contribution < 1.29 is 9.32 Å². The topological polar surface area (TPSA) is 61.6 Å². The molecule has 0 radical (unpaired) electrons. The van der Waals surface area contributed by atoms with Crippen LogP contribution in [-0.2, 0) is 4.79 Å². The highest BCUT2D eigenvalue weighted by atomic mass is 35.5. The van der Waals surface area contributed by atoms with Crippen LogP contribution in [0.2, 0.25) is 5.02 Å². The van der Waals surface area contributed by atoms with E-state index in [2.05, 4.69) is 26.3 Å². The number of benzene rings is 1. The number of hydrogen-bond donors (Lipinski definition) is 1. The first-order valence-corrected chi connectivity index (χ1v) is 8.39. The molecule has 1 N–H and O–H groups in total. The molecular weight excluding hydrogens is 328 g/mol. The summed E-state index contributed by atoms with van der Waals surface area (Å²) in [6.07, 6.45) is 0. The third-order valence-corrected chi connectivity index (χ3v) is 4.52. The summed E-state index contributed by atoms with van der Waals surface area (Å²) in [4.78, 5) is 16.8. The summed E-state index contributed by atoms with van der Waals surface area (Å²) in [5, 5.41) is 7.28. The molecule has 7 heteroatoms. The minimum atomic E-state index is -0.225. The number of nitrogens with one attached hydrogen (secondary N) is 1. The number of halogens is 1. The number of nitrogens with zero attached hydrogens (tertiary/aromatic N) is 3. The molecule has 0 saturated carbocycles. The van der Waals surface area contributed by atoms with Gasteiger partial charge in [-0.3, -0.25) is 15.0 Å². The summed E-state index contributed by atoms with van der Waals surface area (Å²) in [5.41, 5.74) is 1.87. The highest BCUT2D eigenvalue weighted by molar-refractivity contribution is 6.30. The van der Waals surface area contributed by atoms with Crippen molar-refractivity contribution in [1.29, 1.82) is 0 Å². The Balaban J connectivity index is 1.54. The molecule has 1 amide bonds. The van der Waals surface area contributed by atoms with Crippen LogP contribution < -0.4 is 10.2 Å². The van der Waals surface area contributed by atoms with Gasteiger partial charge in [-0.05, 0) is 32.0 Å². The maximum atomic E-state index is 12.3. The number of aryl methyl sites for hydroxylation is 1. The Kier molecular flexibility index (Phi) is 5.06. The van der Waals surface area contributed by atoms with Crippen molar-refractivity contribution >= 4 is 29.1 Å². The first-order valence-electron chi connectivity index (χ1n) is 8.01. The lowest BCUT2D eigenvalue weighted by molar-refractivity contribution is -0.121. The fourth-order valence-electron chi connectivity index (χ4n) is 2.85. The van der Waals surface area contributed by atoms with Gasteiger partial charge in [0.15, 0.2) is 0 Å². The molecule has 3 rings (SSSR count). The van der Waals surface area contributed by atoms with Crippen LogP contribution in [0.15, 0.2) is 34.9 Å². The van der Waals surface area contributed by atoms with E-state index in [4.69, 9.17) is 16.1 Å². The van der Waals surface area contributed by atoms with Crippen LogP contribution in [0.4, 0.5) is 11.6 Å². The van der Waals surface area contributed by atoms with Crippen LogP contribution in [0.3, 0.4) is 0 Å². The van der Waals surface area contributed by atoms with E-state index in [1.807, 2.05) is 32.0 Å².